The van der Waals surface area contributed by atoms with Crippen molar-refractivity contribution in [2.24, 2.45) is 0 Å². The van der Waals surface area contributed by atoms with Gasteiger partial charge in [-0.3, -0.25) is 4.79 Å². The van der Waals surface area contributed by atoms with Gasteiger partial charge in [-0.2, -0.15) is 0 Å². The fourth-order valence-electron chi connectivity index (χ4n) is 2.36. The Morgan fingerprint density at radius 3 is 2.32 bits per heavy atom. The predicted molar refractivity (Wildman–Crippen MR) is 84.9 cm³/mol. The van der Waals surface area contributed by atoms with E-state index in [-0.39, 0.29) is 11.9 Å². The summed E-state index contributed by atoms with van der Waals surface area (Å²) >= 11 is 0. The number of hydrogen-bond acceptors (Lipinski definition) is 4. The summed E-state index contributed by atoms with van der Waals surface area (Å²) in [6.45, 7) is 3.73. The number of carbonyl (C=O) groups excluding carboxylic acids is 1. The molecule has 4 nitrogen and oxygen atoms in total. The van der Waals surface area contributed by atoms with Crippen molar-refractivity contribution < 1.29 is 14.3 Å². The van der Waals surface area contributed by atoms with E-state index in [9.17, 15) is 4.79 Å². The Balaban J connectivity index is 1.78. The van der Waals surface area contributed by atoms with Crippen LogP contribution in [0.2, 0.25) is 0 Å². The number of nitrogens with one attached hydrogen (secondary N) is 1. The highest BCUT2D eigenvalue weighted by Gasteiger charge is 2.19. The van der Waals surface area contributed by atoms with Gasteiger partial charge in [0.15, 0.2) is 5.78 Å². The number of ketones is 1. The van der Waals surface area contributed by atoms with Gasteiger partial charge in [-0.05, 0) is 55.0 Å². The number of ether oxygens (including phenoxy) is 2. The van der Waals surface area contributed by atoms with Crippen molar-refractivity contribution in [1.29, 1.82) is 0 Å². The molecule has 3 rings (SSSR count). The van der Waals surface area contributed by atoms with Crippen LogP contribution in [0.1, 0.15) is 21.5 Å². The summed E-state index contributed by atoms with van der Waals surface area (Å²) in [5.74, 6) is 1.59. The SMILES string of the molecule is COc1ccc(C(=O)c2ccc(OC3CNC3)c(C)c2)cc1. The molecule has 4 heteroatoms. The van der Waals surface area contributed by atoms with Crippen molar-refractivity contribution in [1.82, 2.24) is 5.32 Å². The monoisotopic (exact) mass is 297 g/mol. The largest absolute Gasteiger partial charge is 0.497 e. The molecule has 0 bridgehead atoms. The van der Waals surface area contributed by atoms with Crippen molar-refractivity contribution in [2.45, 2.75) is 13.0 Å². The summed E-state index contributed by atoms with van der Waals surface area (Å²) < 4.78 is 11.0. The highest BCUT2D eigenvalue weighted by Crippen LogP contribution is 2.23. The molecule has 2 aromatic carbocycles. The van der Waals surface area contributed by atoms with Gasteiger partial charge in [0.25, 0.3) is 0 Å². The van der Waals surface area contributed by atoms with E-state index in [0.29, 0.717) is 11.1 Å². The van der Waals surface area contributed by atoms with Gasteiger partial charge in [0.1, 0.15) is 17.6 Å². The first-order valence-corrected chi connectivity index (χ1v) is 7.34. The zero-order valence-electron chi connectivity index (χ0n) is 12.8. The maximum atomic E-state index is 12.5. The molecule has 1 N–H and O–H groups in total. The first kappa shape index (κ1) is 14.6. The zero-order valence-corrected chi connectivity index (χ0v) is 12.8. The standard InChI is InChI=1S/C18H19NO3/c1-12-9-14(5-8-17(12)22-16-10-19-11-16)18(20)13-3-6-15(21-2)7-4-13/h3-9,16,19H,10-11H2,1-2H3. The molecule has 0 aromatic heterocycles. The Kier molecular flexibility index (Phi) is 4.11. The van der Waals surface area contributed by atoms with Gasteiger partial charge in [-0.25, -0.2) is 0 Å². The highest BCUT2D eigenvalue weighted by molar-refractivity contribution is 6.09. The van der Waals surface area contributed by atoms with Gasteiger partial charge in [0, 0.05) is 24.2 Å². The predicted octanol–water partition coefficient (Wildman–Crippen LogP) is 2.59. The van der Waals surface area contributed by atoms with Gasteiger partial charge >= 0.3 is 0 Å². The Morgan fingerprint density at radius 2 is 1.77 bits per heavy atom. The average molecular weight is 297 g/mol. The molecule has 1 fully saturated rings. The van der Waals surface area contributed by atoms with E-state index in [0.717, 1.165) is 30.2 Å². The molecular formula is C18H19NO3. The van der Waals surface area contributed by atoms with Crippen LogP contribution in [-0.4, -0.2) is 32.1 Å². The highest BCUT2D eigenvalue weighted by atomic mass is 16.5. The quantitative estimate of drug-likeness (QED) is 0.862. The van der Waals surface area contributed by atoms with Crippen LogP contribution < -0.4 is 14.8 Å². The molecule has 1 heterocycles. The van der Waals surface area contributed by atoms with Crippen LogP contribution in [0.15, 0.2) is 42.5 Å². The van der Waals surface area contributed by atoms with Crippen LogP contribution in [0.5, 0.6) is 11.5 Å². The molecule has 0 aliphatic carbocycles. The lowest BCUT2D eigenvalue weighted by molar-refractivity contribution is 0.103. The van der Waals surface area contributed by atoms with Crippen molar-refractivity contribution in [3.05, 3.63) is 59.2 Å². The summed E-state index contributed by atoms with van der Waals surface area (Å²) in [5, 5.41) is 3.17. The summed E-state index contributed by atoms with van der Waals surface area (Å²) in [6.07, 6.45) is 0.238. The van der Waals surface area contributed by atoms with E-state index in [1.54, 1.807) is 31.4 Å². The smallest absolute Gasteiger partial charge is 0.193 e. The van der Waals surface area contributed by atoms with Crippen molar-refractivity contribution >= 4 is 5.78 Å². The summed E-state index contributed by atoms with van der Waals surface area (Å²) in [6, 6.07) is 12.7. The van der Waals surface area contributed by atoms with E-state index >= 15 is 0 Å². The molecule has 22 heavy (non-hydrogen) atoms. The number of hydrogen-bond donors (Lipinski definition) is 1. The maximum Gasteiger partial charge on any atom is 0.193 e. The lowest BCUT2D eigenvalue weighted by Gasteiger charge is -2.28. The van der Waals surface area contributed by atoms with E-state index < -0.39 is 0 Å². The van der Waals surface area contributed by atoms with Crippen LogP contribution in [0, 0.1) is 6.92 Å². The third kappa shape index (κ3) is 2.97. The molecular weight excluding hydrogens is 278 g/mol. The molecule has 0 radical (unpaired) electrons. The Labute approximate surface area is 130 Å². The van der Waals surface area contributed by atoms with E-state index in [1.807, 2.05) is 25.1 Å². The molecule has 1 aliphatic heterocycles. The minimum absolute atomic E-state index is 0.00242. The third-order valence-corrected chi connectivity index (χ3v) is 3.83. The second-order valence-electron chi connectivity index (χ2n) is 5.44. The number of carbonyl (C=O) groups is 1. The Bertz CT molecular complexity index is 675. The van der Waals surface area contributed by atoms with Crippen molar-refractivity contribution in [2.75, 3.05) is 20.2 Å². The molecule has 0 spiro atoms. The van der Waals surface area contributed by atoms with E-state index in [1.165, 1.54) is 0 Å². The van der Waals surface area contributed by atoms with Crippen molar-refractivity contribution in [3.8, 4) is 11.5 Å². The summed E-state index contributed by atoms with van der Waals surface area (Å²) in [5.41, 5.74) is 2.30. The van der Waals surface area contributed by atoms with Crippen LogP contribution >= 0.6 is 0 Å². The number of aryl methyl sites for hydroxylation is 1. The van der Waals surface area contributed by atoms with E-state index in [4.69, 9.17) is 9.47 Å². The lowest BCUT2D eigenvalue weighted by atomic mass is 10.0. The first-order chi connectivity index (χ1) is 10.7. The molecule has 2 aromatic rings. The Hall–Kier alpha value is -2.33. The second kappa shape index (κ2) is 6.20. The number of methoxy groups -OCH3 is 1. The molecule has 0 unspecified atom stereocenters. The maximum absolute atomic E-state index is 12.5. The second-order valence-corrected chi connectivity index (χ2v) is 5.44. The van der Waals surface area contributed by atoms with Gasteiger partial charge in [-0.1, -0.05) is 0 Å². The van der Waals surface area contributed by atoms with Crippen LogP contribution in [0.25, 0.3) is 0 Å². The summed E-state index contributed by atoms with van der Waals surface area (Å²) in [4.78, 5) is 12.5. The minimum Gasteiger partial charge on any atom is -0.497 e. The van der Waals surface area contributed by atoms with Gasteiger partial charge in [0.05, 0.1) is 7.11 Å². The molecule has 0 saturated carbocycles. The number of benzene rings is 2. The lowest BCUT2D eigenvalue weighted by Crippen LogP contribution is -2.50. The molecule has 1 saturated heterocycles. The Morgan fingerprint density at radius 1 is 1.09 bits per heavy atom. The normalized spacial score (nSPS) is 14.3. The minimum atomic E-state index is 0.00242. The number of rotatable bonds is 5. The zero-order chi connectivity index (χ0) is 15.5. The van der Waals surface area contributed by atoms with Crippen LogP contribution in [0.4, 0.5) is 0 Å². The van der Waals surface area contributed by atoms with Gasteiger partial charge in [0.2, 0.25) is 0 Å². The summed E-state index contributed by atoms with van der Waals surface area (Å²) in [7, 11) is 1.61. The molecule has 1 aliphatic rings. The van der Waals surface area contributed by atoms with E-state index in [2.05, 4.69) is 5.32 Å². The van der Waals surface area contributed by atoms with Gasteiger partial charge in [-0.15, -0.1) is 0 Å². The van der Waals surface area contributed by atoms with Crippen LogP contribution in [0.3, 0.4) is 0 Å². The molecule has 114 valence electrons. The van der Waals surface area contributed by atoms with Crippen LogP contribution in [-0.2, 0) is 0 Å². The average Bonchev–Trinajstić information content (AvgIpc) is 2.51. The first-order valence-electron chi connectivity index (χ1n) is 7.34. The molecule has 0 atom stereocenters. The fourth-order valence-corrected chi connectivity index (χ4v) is 2.36. The van der Waals surface area contributed by atoms with Crippen molar-refractivity contribution in [3.63, 3.8) is 0 Å². The third-order valence-electron chi connectivity index (χ3n) is 3.83. The topological polar surface area (TPSA) is 47.6 Å². The fraction of sp³-hybridized carbons (Fsp3) is 0.278. The molecule has 0 amide bonds. The van der Waals surface area contributed by atoms with Gasteiger partial charge < -0.3 is 14.8 Å².